The predicted octanol–water partition coefficient (Wildman–Crippen LogP) is 2.99. The van der Waals surface area contributed by atoms with E-state index in [0.717, 1.165) is 44.4 Å². The van der Waals surface area contributed by atoms with Gasteiger partial charge in [-0.15, -0.1) is 0 Å². The van der Waals surface area contributed by atoms with E-state index in [1.807, 2.05) is 0 Å². The molecule has 0 heterocycles. The maximum Gasteiger partial charge on any atom is 0.160 e. The van der Waals surface area contributed by atoms with E-state index in [4.69, 9.17) is 0 Å². The highest BCUT2D eigenvalue weighted by Crippen LogP contribution is 2.26. The second-order valence-electron chi connectivity index (χ2n) is 4.92. The number of nitrogens with one attached hydrogen (secondary N) is 1. The summed E-state index contributed by atoms with van der Waals surface area (Å²) in [5.74, 6) is -1.82. The highest BCUT2D eigenvalue weighted by molar-refractivity contribution is 7.85. The molecule has 1 N–H and O–H groups in total. The number of hydrogen-bond donors (Lipinski definition) is 1. The molecule has 5 heteroatoms. The average molecular weight is 287 g/mol. The molecule has 0 radical (unpaired) electrons. The Balaban J connectivity index is 2.08. The van der Waals surface area contributed by atoms with Crippen LogP contribution >= 0.6 is 0 Å². The monoisotopic (exact) mass is 287 g/mol. The first-order valence-corrected chi connectivity index (χ1v) is 7.92. The standard InChI is InChI=1S/C14H19F2NOS/c1-2-17-10-4-3-5-11(8-10)19(18)12-6-7-13(15)14(16)9-12/h6-7,9-11,17H,2-5,8H2,1H3. The van der Waals surface area contributed by atoms with Gasteiger partial charge in [0.05, 0.1) is 10.8 Å². The van der Waals surface area contributed by atoms with Crippen molar-refractivity contribution in [3.8, 4) is 0 Å². The molecule has 0 amide bonds. The summed E-state index contributed by atoms with van der Waals surface area (Å²) in [6.45, 7) is 2.95. The maximum atomic E-state index is 13.2. The summed E-state index contributed by atoms with van der Waals surface area (Å²) >= 11 is 0. The van der Waals surface area contributed by atoms with Gasteiger partial charge in [0.1, 0.15) is 0 Å². The van der Waals surface area contributed by atoms with Gasteiger partial charge in [0.25, 0.3) is 0 Å². The number of halogens is 2. The van der Waals surface area contributed by atoms with Crippen molar-refractivity contribution >= 4 is 10.8 Å². The highest BCUT2D eigenvalue weighted by Gasteiger charge is 2.27. The summed E-state index contributed by atoms with van der Waals surface area (Å²) in [5, 5.41) is 3.40. The molecule has 1 aliphatic carbocycles. The van der Waals surface area contributed by atoms with Crippen LogP contribution in [-0.4, -0.2) is 22.0 Å². The summed E-state index contributed by atoms with van der Waals surface area (Å²) in [7, 11) is -1.26. The third kappa shape index (κ3) is 3.60. The molecule has 0 bridgehead atoms. The Bertz CT molecular complexity index is 465. The minimum absolute atomic E-state index is 0.0302. The van der Waals surface area contributed by atoms with E-state index in [1.165, 1.54) is 6.07 Å². The predicted molar refractivity (Wildman–Crippen MR) is 72.5 cm³/mol. The second kappa shape index (κ2) is 6.57. The third-order valence-electron chi connectivity index (χ3n) is 3.55. The molecule has 2 rings (SSSR count). The maximum absolute atomic E-state index is 13.2. The van der Waals surface area contributed by atoms with Crippen molar-refractivity contribution in [2.45, 2.75) is 48.8 Å². The van der Waals surface area contributed by atoms with Crippen molar-refractivity contribution in [1.82, 2.24) is 5.32 Å². The van der Waals surface area contributed by atoms with Crippen LogP contribution in [0.1, 0.15) is 32.6 Å². The lowest BCUT2D eigenvalue weighted by Gasteiger charge is -2.29. The second-order valence-corrected chi connectivity index (χ2v) is 6.65. The van der Waals surface area contributed by atoms with Crippen LogP contribution in [-0.2, 0) is 10.8 Å². The Morgan fingerprint density at radius 1 is 1.32 bits per heavy atom. The molecule has 1 aromatic carbocycles. The summed E-state index contributed by atoms with van der Waals surface area (Å²) in [6.07, 6.45) is 3.84. The van der Waals surface area contributed by atoms with Crippen molar-refractivity contribution in [3.63, 3.8) is 0 Å². The molecule has 106 valence electrons. The Labute approximate surface area is 115 Å². The molecule has 3 unspecified atom stereocenters. The summed E-state index contributed by atoms with van der Waals surface area (Å²) in [6, 6.07) is 3.92. The summed E-state index contributed by atoms with van der Waals surface area (Å²) in [5.41, 5.74) is 0. The van der Waals surface area contributed by atoms with Crippen LogP contribution in [0.3, 0.4) is 0 Å². The molecule has 0 aliphatic heterocycles. The Morgan fingerprint density at radius 2 is 2.11 bits per heavy atom. The lowest BCUT2D eigenvalue weighted by Crippen LogP contribution is -2.37. The van der Waals surface area contributed by atoms with Crippen LogP contribution < -0.4 is 5.32 Å². The van der Waals surface area contributed by atoms with Crippen LogP contribution in [0.2, 0.25) is 0 Å². The zero-order valence-corrected chi connectivity index (χ0v) is 11.8. The largest absolute Gasteiger partial charge is 0.314 e. The fraction of sp³-hybridized carbons (Fsp3) is 0.571. The van der Waals surface area contributed by atoms with Gasteiger partial charge in [0, 0.05) is 16.2 Å². The first kappa shape index (κ1) is 14.6. The van der Waals surface area contributed by atoms with E-state index in [9.17, 15) is 13.0 Å². The summed E-state index contributed by atoms with van der Waals surface area (Å²) < 4.78 is 38.5. The third-order valence-corrected chi connectivity index (χ3v) is 5.30. The van der Waals surface area contributed by atoms with E-state index in [2.05, 4.69) is 12.2 Å². The Hall–Kier alpha value is -0.810. The van der Waals surface area contributed by atoms with Crippen molar-refractivity contribution in [2.24, 2.45) is 0 Å². The van der Waals surface area contributed by atoms with E-state index in [1.54, 1.807) is 0 Å². The Kier molecular flexibility index (Phi) is 5.05. The van der Waals surface area contributed by atoms with Gasteiger partial charge in [-0.05, 0) is 44.0 Å². The van der Waals surface area contributed by atoms with Crippen molar-refractivity contribution < 1.29 is 13.0 Å². The first-order chi connectivity index (χ1) is 9.11. The highest BCUT2D eigenvalue weighted by atomic mass is 32.2. The van der Waals surface area contributed by atoms with Gasteiger partial charge in [-0.1, -0.05) is 13.3 Å². The lowest BCUT2D eigenvalue weighted by molar-refractivity contribution is 0.383. The van der Waals surface area contributed by atoms with Crippen molar-refractivity contribution in [1.29, 1.82) is 0 Å². The van der Waals surface area contributed by atoms with E-state index in [-0.39, 0.29) is 5.25 Å². The summed E-state index contributed by atoms with van der Waals surface area (Å²) in [4.78, 5) is 0.390. The SMILES string of the molecule is CCNC1CCCC(S(=O)c2ccc(F)c(F)c2)C1. The van der Waals surface area contributed by atoms with Gasteiger partial charge in [0.15, 0.2) is 11.6 Å². The molecule has 1 fully saturated rings. The van der Waals surface area contributed by atoms with Crippen LogP contribution in [0.4, 0.5) is 8.78 Å². The van der Waals surface area contributed by atoms with E-state index < -0.39 is 22.4 Å². The zero-order valence-electron chi connectivity index (χ0n) is 11.0. The molecule has 1 aliphatic rings. The van der Waals surface area contributed by atoms with Crippen LogP contribution in [0.5, 0.6) is 0 Å². The molecule has 3 atom stereocenters. The number of benzene rings is 1. The van der Waals surface area contributed by atoms with E-state index >= 15 is 0 Å². The first-order valence-electron chi connectivity index (χ1n) is 6.70. The van der Waals surface area contributed by atoms with E-state index in [0.29, 0.717) is 10.9 Å². The fourth-order valence-corrected chi connectivity index (χ4v) is 4.20. The molecular weight excluding hydrogens is 268 g/mol. The Morgan fingerprint density at radius 3 is 2.79 bits per heavy atom. The minimum Gasteiger partial charge on any atom is -0.314 e. The van der Waals surface area contributed by atoms with Crippen LogP contribution in [0, 0.1) is 11.6 Å². The van der Waals surface area contributed by atoms with Crippen LogP contribution in [0.25, 0.3) is 0 Å². The van der Waals surface area contributed by atoms with Gasteiger partial charge in [-0.2, -0.15) is 0 Å². The van der Waals surface area contributed by atoms with Gasteiger partial charge in [-0.25, -0.2) is 8.78 Å². The van der Waals surface area contributed by atoms with Gasteiger partial charge >= 0.3 is 0 Å². The molecule has 1 saturated carbocycles. The molecular formula is C14H19F2NOS. The smallest absolute Gasteiger partial charge is 0.160 e. The number of hydrogen-bond acceptors (Lipinski definition) is 2. The zero-order chi connectivity index (χ0) is 13.8. The average Bonchev–Trinajstić information content (AvgIpc) is 2.42. The molecule has 2 nitrogen and oxygen atoms in total. The molecule has 0 saturated heterocycles. The minimum atomic E-state index is -1.26. The van der Waals surface area contributed by atoms with Gasteiger partial charge < -0.3 is 5.32 Å². The van der Waals surface area contributed by atoms with Gasteiger partial charge in [-0.3, -0.25) is 4.21 Å². The lowest BCUT2D eigenvalue weighted by atomic mass is 9.95. The van der Waals surface area contributed by atoms with Crippen molar-refractivity contribution in [2.75, 3.05) is 6.54 Å². The molecule has 1 aromatic rings. The van der Waals surface area contributed by atoms with Crippen molar-refractivity contribution in [3.05, 3.63) is 29.8 Å². The molecule has 19 heavy (non-hydrogen) atoms. The molecule has 0 spiro atoms. The van der Waals surface area contributed by atoms with Gasteiger partial charge in [0.2, 0.25) is 0 Å². The van der Waals surface area contributed by atoms with Crippen LogP contribution in [0.15, 0.2) is 23.1 Å². The molecule has 0 aromatic heterocycles. The number of rotatable bonds is 4. The topological polar surface area (TPSA) is 29.1 Å². The quantitative estimate of drug-likeness (QED) is 0.922. The fourth-order valence-electron chi connectivity index (χ4n) is 2.61. The normalized spacial score (nSPS) is 25.2.